The summed E-state index contributed by atoms with van der Waals surface area (Å²) in [4.78, 5) is 12.1. The van der Waals surface area contributed by atoms with Crippen LogP contribution < -0.4 is 15.8 Å². The van der Waals surface area contributed by atoms with Crippen LogP contribution >= 0.6 is 0 Å². The van der Waals surface area contributed by atoms with Gasteiger partial charge in [0.05, 0.1) is 12.7 Å². The summed E-state index contributed by atoms with van der Waals surface area (Å²) < 4.78 is 18.6. The summed E-state index contributed by atoms with van der Waals surface area (Å²) in [6, 6.07) is 11.1. The molecule has 0 fully saturated rings. The maximum atomic E-state index is 13.5. The number of nitrogens with one attached hydrogen (secondary N) is 1. The Morgan fingerprint density at radius 1 is 1.30 bits per heavy atom. The maximum Gasteiger partial charge on any atom is 0.255 e. The van der Waals surface area contributed by atoms with Crippen LogP contribution in [0.2, 0.25) is 0 Å². The number of nitrogens with two attached hydrogens (primary N) is 1. The fraction of sp³-hybridized carbons (Fsp3) is 0.133. The predicted molar refractivity (Wildman–Crippen MR) is 75.0 cm³/mol. The lowest BCUT2D eigenvalue weighted by atomic mass is 10.1. The van der Waals surface area contributed by atoms with E-state index in [2.05, 4.69) is 5.32 Å². The smallest absolute Gasteiger partial charge is 0.255 e. The molecular weight excluding hydrogens is 259 g/mol. The van der Waals surface area contributed by atoms with Gasteiger partial charge in [-0.25, -0.2) is 4.39 Å². The first kappa shape index (κ1) is 13.9. The molecule has 0 aromatic heterocycles. The Kier molecular flexibility index (Phi) is 4.20. The number of ether oxygens (including phenoxy) is 1. The first-order valence-electron chi connectivity index (χ1n) is 6.07. The number of benzene rings is 2. The van der Waals surface area contributed by atoms with Crippen LogP contribution in [-0.4, -0.2) is 13.0 Å². The second kappa shape index (κ2) is 6.06. The third-order valence-corrected chi connectivity index (χ3v) is 2.87. The van der Waals surface area contributed by atoms with E-state index < -0.39 is 0 Å². The van der Waals surface area contributed by atoms with Crippen molar-refractivity contribution in [3.8, 4) is 5.75 Å². The molecule has 104 valence electrons. The summed E-state index contributed by atoms with van der Waals surface area (Å²) >= 11 is 0. The molecule has 2 aromatic rings. The zero-order valence-electron chi connectivity index (χ0n) is 11.0. The number of carbonyl (C=O) groups excluding carboxylic acids is 1. The average molecular weight is 274 g/mol. The van der Waals surface area contributed by atoms with Crippen molar-refractivity contribution in [1.29, 1.82) is 0 Å². The van der Waals surface area contributed by atoms with Crippen molar-refractivity contribution < 1.29 is 13.9 Å². The van der Waals surface area contributed by atoms with Crippen LogP contribution in [-0.2, 0) is 6.54 Å². The van der Waals surface area contributed by atoms with Crippen LogP contribution in [0.4, 0.5) is 10.1 Å². The molecule has 5 heteroatoms. The average Bonchev–Trinajstić information content (AvgIpc) is 2.46. The Hall–Kier alpha value is -2.56. The predicted octanol–water partition coefficient (Wildman–Crippen LogP) is 2.35. The molecule has 0 saturated heterocycles. The maximum absolute atomic E-state index is 13.5. The number of rotatable bonds is 4. The van der Waals surface area contributed by atoms with Crippen LogP contribution in [0.25, 0.3) is 0 Å². The van der Waals surface area contributed by atoms with Crippen LogP contribution in [0.3, 0.4) is 0 Å². The van der Waals surface area contributed by atoms with Crippen LogP contribution in [0.1, 0.15) is 15.9 Å². The van der Waals surface area contributed by atoms with Gasteiger partial charge in [-0.3, -0.25) is 4.79 Å². The molecule has 2 aromatic carbocycles. The number of methoxy groups -OCH3 is 1. The Balaban J connectivity index is 2.13. The number of hydrogen-bond acceptors (Lipinski definition) is 3. The van der Waals surface area contributed by atoms with Gasteiger partial charge in [0.2, 0.25) is 0 Å². The number of amides is 1. The third-order valence-electron chi connectivity index (χ3n) is 2.87. The Labute approximate surface area is 116 Å². The van der Waals surface area contributed by atoms with E-state index in [4.69, 9.17) is 10.5 Å². The number of anilines is 1. The minimum absolute atomic E-state index is 0.101. The largest absolute Gasteiger partial charge is 0.496 e. The van der Waals surface area contributed by atoms with Gasteiger partial charge in [0, 0.05) is 17.8 Å². The van der Waals surface area contributed by atoms with E-state index in [0.29, 0.717) is 22.6 Å². The topological polar surface area (TPSA) is 64.3 Å². The number of carbonyl (C=O) groups is 1. The van der Waals surface area contributed by atoms with E-state index in [1.165, 1.54) is 19.2 Å². The quantitative estimate of drug-likeness (QED) is 0.841. The van der Waals surface area contributed by atoms with Gasteiger partial charge in [-0.05, 0) is 24.3 Å². The van der Waals surface area contributed by atoms with Crippen molar-refractivity contribution in [3.63, 3.8) is 0 Å². The minimum atomic E-state index is -0.364. The highest BCUT2D eigenvalue weighted by atomic mass is 19.1. The number of halogens is 1. The van der Waals surface area contributed by atoms with Gasteiger partial charge < -0.3 is 15.8 Å². The Morgan fingerprint density at radius 2 is 2.05 bits per heavy atom. The SMILES string of the molecule is COc1ccc(N)cc1C(=O)NCc1ccccc1F. The van der Waals surface area contributed by atoms with E-state index in [9.17, 15) is 9.18 Å². The van der Waals surface area contributed by atoms with Crippen molar-refractivity contribution in [2.75, 3.05) is 12.8 Å². The molecule has 1 amide bonds. The van der Waals surface area contributed by atoms with Crippen molar-refractivity contribution >= 4 is 11.6 Å². The van der Waals surface area contributed by atoms with Gasteiger partial charge in [-0.1, -0.05) is 18.2 Å². The van der Waals surface area contributed by atoms with E-state index in [1.54, 1.807) is 30.3 Å². The van der Waals surface area contributed by atoms with Crippen molar-refractivity contribution in [3.05, 3.63) is 59.4 Å². The fourth-order valence-corrected chi connectivity index (χ4v) is 1.82. The number of hydrogen-bond donors (Lipinski definition) is 2. The normalized spacial score (nSPS) is 10.1. The summed E-state index contributed by atoms with van der Waals surface area (Å²) in [5.41, 5.74) is 6.86. The van der Waals surface area contributed by atoms with E-state index >= 15 is 0 Å². The summed E-state index contributed by atoms with van der Waals surface area (Å²) in [5.74, 6) is -0.296. The molecule has 2 rings (SSSR count). The molecule has 0 heterocycles. The van der Waals surface area contributed by atoms with Gasteiger partial charge in [-0.15, -0.1) is 0 Å². The summed E-state index contributed by atoms with van der Waals surface area (Å²) in [7, 11) is 1.47. The molecule has 0 aliphatic rings. The summed E-state index contributed by atoms with van der Waals surface area (Å²) in [6.45, 7) is 0.101. The molecule has 0 bridgehead atoms. The van der Waals surface area contributed by atoms with Gasteiger partial charge in [0.1, 0.15) is 11.6 Å². The molecule has 0 spiro atoms. The molecule has 4 nitrogen and oxygen atoms in total. The molecule has 0 radical (unpaired) electrons. The van der Waals surface area contributed by atoms with Crippen molar-refractivity contribution in [2.24, 2.45) is 0 Å². The van der Waals surface area contributed by atoms with Crippen LogP contribution in [0, 0.1) is 5.82 Å². The van der Waals surface area contributed by atoms with E-state index in [0.717, 1.165) is 0 Å². The van der Waals surface area contributed by atoms with Crippen LogP contribution in [0.5, 0.6) is 5.75 Å². The highest BCUT2D eigenvalue weighted by molar-refractivity contribution is 5.97. The molecule has 0 saturated carbocycles. The molecule has 20 heavy (non-hydrogen) atoms. The fourth-order valence-electron chi connectivity index (χ4n) is 1.82. The highest BCUT2D eigenvalue weighted by Crippen LogP contribution is 2.21. The highest BCUT2D eigenvalue weighted by Gasteiger charge is 2.13. The van der Waals surface area contributed by atoms with E-state index in [1.807, 2.05) is 0 Å². The molecule has 0 unspecified atom stereocenters. The van der Waals surface area contributed by atoms with Crippen molar-refractivity contribution in [2.45, 2.75) is 6.54 Å². The molecule has 0 aliphatic carbocycles. The minimum Gasteiger partial charge on any atom is -0.496 e. The lowest BCUT2D eigenvalue weighted by Crippen LogP contribution is -2.24. The van der Waals surface area contributed by atoms with E-state index in [-0.39, 0.29) is 18.3 Å². The lowest BCUT2D eigenvalue weighted by molar-refractivity contribution is 0.0947. The monoisotopic (exact) mass is 274 g/mol. The van der Waals surface area contributed by atoms with Gasteiger partial charge in [0.25, 0.3) is 5.91 Å². The molecule has 3 N–H and O–H groups in total. The second-order valence-corrected chi connectivity index (χ2v) is 4.23. The zero-order chi connectivity index (χ0) is 14.5. The Morgan fingerprint density at radius 3 is 2.75 bits per heavy atom. The lowest BCUT2D eigenvalue weighted by Gasteiger charge is -2.10. The van der Waals surface area contributed by atoms with Gasteiger partial charge in [0.15, 0.2) is 0 Å². The second-order valence-electron chi connectivity index (χ2n) is 4.23. The number of nitrogen functional groups attached to an aromatic ring is 1. The van der Waals surface area contributed by atoms with Crippen LogP contribution in [0.15, 0.2) is 42.5 Å². The zero-order valence-corrected chi connectivity index (χ0v) is 11.0. The Bertz CT molecular complexity index is 629. The summed E-state index contributed by atoms with van der Waals surface area (Å²) in [5, 5.41) is 2.64. The first-order valence-corrected chi connectivity index (χ1v) is 6.07. The van der Waals surface area contributed by atoms with Crippen molar-refractivity contribution in [1.82, 2.24) is 5.32 Å². The molecule has 0 aliphatic heterocycles. The standard InChI is InChI=1S/C15H15FN2O2/c1-20-14-7-6-11(17)8-12(14)15(19)18-9-10-4-2-3-5-13(10)16/h2-8H,9,17H2,1H3,(H,18,19). The summed E-state index contributed by atoms with van der Waals surface area (Å²) in [6.07, 6.45) is 0. The molecule has 0 atom stereocenters. The molecular formula is C15H15FN2O2. The van der Waals surface area contributed by atoms with Gasteiger partial charge in [-0.2, -0.15) is 0 Å². The first-order chi connectivity index (χ1) is 9.61. The van der Waals surface area contributed by atoms with Gasteiger partial charge >= 0.3 is 0 Å². The third kappa shape index (κ3) is 3.06.